The first-order valence-electron chi connectivity index (χ1n) is 10.7. The van der Waals surface area contributed by atoms with Crippen LogP contribution in [0, 0.1) is 0 Å². The van der Waals surface area contributed by atoms with Crippen molar-refractivity contribution in [3.8, 4) is 17.1 Å². The number of morpholine rings is 1. The van der Waals surface area contributed by atoms with Crippen molar-refractivity contribution in [3.63, 3.8) is 0 Å². The molecule has 32 heavy (non-hydrogen) atoms. The number of benzene rings is 2. The van der Waals surface area contributed by atoms with E-state index in [4.69, 9.17) is 4.74 Å². The Morgan fingerprint density at radius 2 is 1.75 bits per heavy atom. The van der Waals surface area contributed by atoms with Gasteiger partial charge in [-0.1, -0.05) is 36.4 Å². The predicted molar refractivity (Wildman–Crippen MR) is 122 cm³/mol. The third-order valence-electron chi connectivity index (χ3n) is 5.79. The van der Waals surface area contributed by atoms with Gasteiger partial charge in [0.2, 0.25) is 5.95 Å². The molecule has 0 radical (unpaired) electrons. The summed E-state index contributed by atoms with van der Waals surface area (Å²) in [6.45, 7) is 4.00. The summed E-state index contributed by atoms with van der Waals surface area (Å²) in [5.41, 5.74) is 4.11. The number of aliphatic hydroxyl groups excluding tert-OH is 1. The van der Waals surface area contributed by atoms with Gasteiger partial charge in [0.1, 0.15) is 0 Å². The first-order chi connectivity index (χ1) is 15.6. The minimum atomic E-state index is -0.664. The van der Waals surface area contributed by atoms with Crippen molar-refractivity contribution >= 4 is 16.8 Å². The lowest BCUT2D eigenvalue weighted by molar-refractivity contribution is 0.0303. The van der Waals surface area contributed by atoms with Crippen molar-refractivity contribution in [1.82, 2.24) is 19.4 Å². The molecule has 0 saturated carbocycles. The van der Waals surface area contributed by atoms with Crippen molar-refractivity contribution in [1.29, 1.82) is 0 Å². The van der Waals surface area contributed by atoms with Gasteiger partial charge in [-0.25, -0.2) is 9.97 Å². The Bertz CT molecular complexity index is 1240. The third-order valence-corrected chi connectivity index (χ3v) is 5.79. The lowest BCUT2D eigenvalue weighted by atomic mass is 10.1. The van der Waals surface area contributed by atoms with Gasteiger partial charge in [0.05, 0.1) is 24.8 Å². The number of nitrogens with zero attached hydrogens (tertiary/aromatic N) is 4. The monoisotopic (exact) mass is 428 g/mol. The topological polar surface area (TPSA) is 80.5 Å². The van der Waals surface area contributed by atoms with Crippen molar-refractivity contribution in [2.24, 2.45) is 0 Å². The highest BCUT2D eigenvalue weighted by Gasteiger charge is 2.21. The zero-order valence-electron chi connectivity index (χ0n) is 17.8. The quantitative estimate of drug-likeness (QED) is 0.537. The number of hydrogen-bond acceptors (Lipinski definition) is 5. The van der Waals surface area contributed by atoms with E-state index in [1.807, 2.05) is 59.3 Å². The molecule has 7 heteroatoms. The summed E-state index contributed by atoms with van der Waals surface area (Å²) in [5, 5.41) is 11.2. The van der Waals surface area contributed by atoms with Crippen LogP contribution in [-0.4, -0.2) is 56.8 Å². The molecule has 7 nitrogen and oxygen atoms in total. The number of rotatable bonds is 4. The summed E-state index contributed by atoms with van der Waals surface area (Å²) in [4.78, 5) is 24.0. The summed E-state index contributed by atoms with van der Waals surface area (Å²) in [7, 11) is 0. The minimum Gasteiger partial charge on any atom is -0.389 e. The molecule has 1 N–H and O–H groups in total. The number of ether oxygens (including phenoxy) is 1. The fraction of sp³-hybridized carbons (Fsp3) is 0.240. The third kappa shape index (κ3) is 3.77. The van der Waals surface area contributed by atoms with Crippen LogP contribution in [0.25, 0.3) is 28.0 Å². The lowest BCUT2D eigenvalue weighted by Gasteiger charge is -2.26. The highest BCUT2D eigenvalue weighted by atomic mass is 16.5. The van der Waals surface area contributed by atoms with Crippen molar-refractivity contribution in [3.05, 3.63) is 78.2 Å². The molecule has 0 spiro atoms. The maximum absolute atomic E-state index is 13.0. The molecule has 1 aliphatic heterocycles. The second kappa shape index (κ2) is 8.53. The standard InChI is InChI=1S/C25H24N4O3/c1-17(30)22-16-29(25-26-14-20(15-27-25)18-5-3-2-4-6-18)23-13-19(7-8-21(22)23)24(31)28-9-11-32-12-10-28/h2-8,13-17,30H,9-12H2,1H3. The molecule has 5 rings (SSSR count). The Kier molecular flexibility index (Phi) is 5.43. The van der Waals surface area contributed by atoms with Crippen LogP contribution >= 0.6 is 0 Å². The predicted octanol–water partition coefficient (Wildman–Crippen LogP) is 3.61. The van der Waals surface area contributed by atoms with Gasteiger partial charge < -0.3 is 14.7 Å². The largest absolute Gasteiger partial charge is 0.389 e. The SMILES string of the molecule is CC(O)c1cn(-c2ncc(-c3ccccc3)cn2)c2cc(C(=O)N3CCOCC3)ccc12. The maximum atomic E-state index is 13.0. The van der Waals surface area contributed by atoms with E-state index in [9.17, 15) is 9.90 Å². The molecule has 0 bridgehead atoms. The second-order valence-corrected chi connectivity index (χ2v) is 7.90. The molecule has 162 valence electrons. The molecular weight excluding hydrogens is 404 g/mol. The van der Waals surface area contributed by atoms with Crippen molar-refractivity contribution in [2.45, 2.75) is 13.0 Å². The van der Waals surface area contributed by atoms with E-state index < -0.39 is 6.10 Å². The van der Waals surface area contributed by atoms with Crippen molar-refractivity contribution < 1.29 is 14.6 Å². The molecule has 1 unspecified atom stereocenters. The number of amides is 1. The summed E-state index contributed by atoms with van der Waals surface area (Å²) in [6.07, 6.45) is 4.75. The van der Waals surface area contributed by atoms with Crippen LogP contribution in [-0.2, 0) is 4.74 Å². The average molecular weight is 428 g/mol. The number of aromatic nitrogens is 3. The van der Waals surface area contributed by atoms with Crippen LogP contribution in [0.3, 0.4) is 0 Å². The molecule has 2 aromatic carbocycles. The van der Waals surface area contributed by atoms with Gasteiger partial charge in [-0.15, -0.1) is 0 Å². The molecule has 3 heterocycles. The lowest BCUT2D eigenvalue weighted by Crippen LogP contribution is -2.40. The number of carbonyl (C=O) groups is 1. The van der Waals surface area contributed by atoms with E-state index in [0.717, 1.165) is 27.6 Å². The first kappa shape index (κ1) is 20.4. The Morgan fingerprint density at radius 3 is 2.44 bits per heavy atom. The molecule has 0 aliphatic carbocycles. The van der Waals surface area contributed by atoms with Gasteiger partial charge in [0.15, 0.2) is 0 Å². The number of fused-ring (bicyclic) bond motifs is 1. The van der Waals surface area contributed by atoms with E-state index in [-0.39, 0.29) is 5.91 Å². The molecular formula is C25H24N4O3. The average Bonchev–Trinajstić information content (AvgIpc) is 3.24. The van der Waals surface area contributed by atoms with Crippen LogP contribution in [0.5, 0.6) is 0 Å². The molecule has 1 saturated heterocycles. The van der Waals surface area contributed by atoms with Crippen LogP contribution in [0.4, 0.5) is 0 Å². The summed E-state index contributed by atoms with van der Waals surface area (Å²) in [6, 6.07) is 15.5. The number of aliphatic hydroxyl groups is 1. The Labute approximate surface area is 185 Å². The smallest absolute Gasteiger partial charge is 0.254 e. The van der Waals surface area contributed by atoms with Gasteiger partial charge in [-0.2, -0.15) is 0 Å². The number of hydrogen-bond donors (Lipinski definition) is 1. The van der Waals surface area contributed by atoms with Crippen LogP contribution < -0.4 is 0 Å². The van der Waals surface area contributed by atoms with Crippen LogP contribution in [0.1, 0.15) is 28.9 Å². The van der Waals surface area contributed by atoms with Gasteiger partial charge >= 0.3 is 0 Å². The number of carbonyl (C=O) groups excluding carboxylic acids is 1. The van der Waals surface area contributed by atoms with E-state index in [0.29, 0.717) is 37.8 Å². The van der Waals surface area contributed by atoms with Crippen LogP contribution in [0.2, 0.25) is 0 Å². The fourth-order valence-electron chi connectivity index (χ4n) is 4.06. The van der Waals surface area contributed by atoms with Gasteiger partial charge in [-0.3, -0.25) is 9.36 Å². The Morgan fingerprint density at radius 1 is 1.03 bits per heavy atom. The summed E-state index contributed by atoms with van der Waals surface area (Å²) in [5.74, 6) is 0.458. The summed E-state index contributed by atoms with van der Waals surface area (Å²) >= 11 is 0. The second-order valence-electron chi connectivity index (χ2n) is 7.90. The normalized spacial score (nSPS) is 15.1. The zero-order valence-corrected chi connectivity index (χ0v) is 17.8. The highest BCUT2D eigenvalue weighted by molar-refractivity contribution is 5.99. The summed E-state index contributed by atoms with van der Waals surface area (Å²) < 4.78 is 7.20. The van der Waals surface area contributed by atoms with E-state index in [2.05, 4.69) is 9.97 Å². The Hall–Kier alpha value is -3.55. The molecule has 1 aliphatic rings. The highest BCUT2D eigenvalue weighted by Crippen LogP contribution is 2.30. The molecule has 2 aromatic heterocycles. The van der Waals surface area contributed by atoms with E-state index in [1.54, 1.807) is 24.2 Å². The van der Waals surface area contributed by atoms with Gasteiger partial charge in [0.25, 0.3) is 5.91 Å². The fourth-order valence-corrected chi connectivity index (χ4v) is 4.06. The molecule has 1 atom stereocenters. The van der Waals surface area contributed by atoms with Crippen LogP contribution in [0.15, 0.2) is 67.1 Å². The minimum absolute atomic E-state index is 0.0260. The molecule has 1 fully saturated rings. The van der Waals surface area contributed by atoms with Crippen molar-refractivity contribution in [2.75, 3.05) is 26.3 Å². The van der Waals surface area contributed by atoms with E-state index in [1.165, 1.54) is 0 Å². The Balaban J connectivity index is 1.56. The van der Waals surface area contributed by atoms with Gasteiger partial charge in [0, 0.05) is 53.8 Å². The zero-order chi connectivity index (χ0) is 22.1. The molecule has 4 aromatic rings. The first-order valence-corrected chi connectivity index (χ1v) is 10.7. The van der Waals surface area contributed by atoms with E-state index >= 15 is 0 Å². The maximum Gasteiger partial charge on any atom is 0.254 e. The van der Waals surface area contributed by atoms with Gasteiger partial charge in [-0.05, 0) is 24.6 Å². The molecule has 1 amide bonds.